The molecule has 2 aromatic rings. The Morgan fingerprint density at radius 2 is 1.80 bits per heavy atom. The van der Waals surface area contributed by atoms with Crippen LogP contribution in [0.3, 0.4) is 0 Å². The van der Waals surface area contributed by atoms with E-state index in [-0.39, 0.29) is 11.4 Å². The number of carbonyl (C=O) groups excluding carboxylic acids is 1. The maximum absolute atomic E-state index is 13.3. The van der Waals surface area contributed by atoms with Crippen molar-refractivity contribution < 1.29 is 17.9 Å². The molecule has 3 rings (SSSR count). The van der Waals surface area contributed by atoms with Crippen LogP contribution < -0.4 is 0 Å². The Bertz CT molecular complexity index is 921. The number of hydrogen-bond donors (Lipinski definition) is 0. The average molecular weight is 359 g/mol. The molecule has 0 saturated heterocycles. The molecular formula is C19H21NO4S. The molecule has 0 aliphatic carbocycles. The number of methoxy groups -OCH3 is 1. The third kappa shape index (κ3) is 3.19. The highest BCUT2D eigenvalue weighted by atomic mass is 32.2. The van der Waals surface area contributed by atoms with Crippen LogP contribution in [-0.4, -0.2) is 31.8 Å². The van der Waals surface area contributed by atoms with Crippen molar-refractivity contribution in [1.82, 2.24) is 4.31 Å². The van der Waals surface area contributed by atoms with Crippen LogP contribution in [0, 0.1) is 13.8 Å². The highest BCUT2D eigenvalue weighted by Gasteiger charge is 2.40. The van der Waals surface area contributed by atoms with Gasteiger partial charge in [-0.3, -0.25) is 4.79 Å². The lowest BCUT2D eigenvalue weighted by atomic mass is 9.96. The van der Waals surface area contributed by atoms with Gasteiger partial charge in [-0.1, -0.05) is 42.0 Å². The lowest BCUT2D eigenvalue weighted by molar-refractivity contribution is -0.145. The number of ether oxygens (including phenoxy) is 1. The van der Waals surface area contributed by atoms with E-state index in [9.17, 15) is 13.2 Å². The van der Waals surface area contributed by atoms with E-state index in [1.807, 2.05) is 37.3 Å². The molecule has 0 aromatic heterocycles. The van der Waals surface area contributed by atoms with Gasteiger partial charge in [0.15, 0.2) is 0 Å². The zero-order chi connectivity index (χ0) is 18.2. The third-order valence-electron chi connectivity index (χ3n) is 4.60. The zero-order valence-electron chi connectivity index (χ0n) is 14.5. The van der Waals surface area contributed by atoms with Crippen LogP contribution in [0.15, 0.2) is 47.4 Å². The van der Waals surface area contributed by atoms with Gasteiger partial charge in [-0.2, -0.15) is 4.31 Å². The highest BCUT2D eigenvalue weighted by Crippen LogP contribution is 2.31. The minimum absolute atomic E-state index is 0.158. The summed E-state index contributed by atoms with van der Waals surface area (Å²) in [5, 5.41) is 0. The first-order valence-corrected chi connectivity index (χ1v) is 9.52. The fourth-order valence-corrected chi connectivity index (χ4v) is 5.07. The maximum atomic E-state index is 13.3. The van der Waals surface area contributed by atoms with Crippen molar-refractivity contribution in [3.8, 4) is 0 Å². The van der Waals surface area contributed by atoms with Crippen LogP contribution >= 0.6 is 0 Å². The van der Waals surface area contributed by atoms with Crippen molar-refractivity contribution in [2.24, 2.45) is 0 Å². The molecule has 1 aliphatic heterocycles. The van der Waals surface area contributed by atoms with Crippen LogP contribution in [-0.2, 0) is 32.5 Å². The molecule has 0 amide bonds. The van der Waals surface area contributed by atoms with Crippen molar-refractivity contribution in [2.45, 2.75) is 37.8 Å². The number of hydrogen-bond acceptors (Lipinski definition) is 4. The van der Waals surface area contributed by atoms with Crippen LogP contribution in [0.4, 0.5) is 0 Å². The van der Waals surface area contributed by atoms with Gasteiger partial charge in [0, 0.05) is 13.0 Å². The van der Waals surface area contributed by atoms with Crippen molar-refractivity contribution in [2.75, 3.05) is 7.11 Å². The number of benzene rings is 2. The third-order valence-corrected chi connectivity index (χ3v) is 6.61. The molecule has 25 heavy (non-hydrogen) atoms. The van der Waals surface area contributed by atoms with Crippen LogP contribution in [0.5, 0.6) is 0 Å². The first-order chi connectivity index (χ1) is 11.8. The predicted octanol–water partition coefficient (Wildman–Crippen LogP) is 2.59. The summed E-state index contributed by atoms with van der Waals surface area (Å²) in [6.07, 6.45) is 0.312. The molecule has 0 unspecified atom stereocenters. The van der Waals surface area contributed by atoms with Crippen LogP contribution in [0.25, 0.3) is 0 Å². The largest absolute Gasteiger partial charge is 0.468 e. The fourth-order valence-electron chi connectivity index (χ4n) is 3.30. The second-order valence-corrected chi connectivity index (χ2v) is 8.19. The smallest absolute Gasteiger partial charge is 0.324 e. The van der Waals surface area contributed by atoms with E-state index in [1.54, 1.807) is 19.1 Å². The molecule has 0 saturated carbocycles. The number of rotatable bonds is 3. The summed E-state index contributed by atoms with van der Waals surface area (Å²) in [5.74, 6) is -0.539. The molecule has 1 aliphatic rings. The SMILES string of the molecule is COC(=O)[C@@H]1Cc2ccccc2CN1S(=O)(=O)c1ccc(C)cc1C. The average Bonchev–Trinajstić information content (AvgIpc) is 2.59. The van der Waals surface area contributed by atoms with Gasteiger partial charge < -0.3 is 4.74 Å². The molecule has 0 bridgehead atoms. The van der Waals surface area contributed by atoms with Crippen molar-refractivity contribution in [3.05, 3.63) is 64.7 Å². The Morgan fingerprint density at radius 1 is 1.12 bits per heavy atom. The van der Waals surface area contributed by atoms with E-state index in [0.29, 0.717) is 12.0 Å². The van der Waals surface area contributed by atoms with Gasteiger partial charge in [0.1, 0.15) is 6.04 Å². The first kappa shape index (κ1) is 17.6. The van der Waals surface area contributed by atoms with E-state index >= 15 is 0 Å². The van der Waals surface area contributed by atoms with Gasteiger partial charge in [-0.05, 0) is 36.6 Å². The second-order valence-electron chi connectivity index (χ2n) is 6.33. The normalized spacial score (nSPS) is 17.8. The molecule has 1 heterocycles. The van der Waals surface area contributed by atoms with Crippen molar-refractivity contribution in [3.63, 3.8) is 0 Å². The van der Waals surface area contributed by atoms with E-state index in [0.717, 1.165) is 16.7 Å². The summed E-state index contributed by atoms with van der Waals surface area (Å²) >= 11 is 0. The molecule has 0 fully saturated rings. The van der Waals surface area contributed by atoms with E-state index < -0.39 is 22.0 Å². The first-order valence-electron chi connectivity index (χ1n) is 8.08. The molecule has 0 N–H and O–H groups in total. The number of nitrogens with zero attached hydrogens (tertiary/aromatic N) is 1. The van der Waals surface area contributed by atoms with Crippen LogP contribution in [0.1, 0.15) is 22.3 Å². The molecule has 0 radical (unpaired) electrons. The van der Waals surface area contributed by atoms with Gasteiger partial charge in [-0.25, -0.2) is 8.42 Å². The topological polar surface area (TPSA) is 63.7 Å². The Kier molecular flexibility index (Phi) is 4.67. The van der Waals surface area contributed by atoms with Crippen molar-refractivity contribution in [1.29, 1.82) is 0 Å². The van der Waals surface area contributed by atoms with Gasteiger partial charge >= 0.3 is 5.97 Å². The van der Waals surface area contributed by atoms with Gasteiger partial charge in [-0.15, -0.1) is 0 Å². The summed E-state index contributed by atoms with van der Waals surface area (Å²) in [6, 6.07) is 11.9. The minimum atomic E-state index is -3.82. The summed E-state index contributed by atoms with van der Waals surface area (Å²) in [4.78, 5) is 12.5. The standard InChI is InChI=1S/C19H21NO4S/c1-13-8-9-18(14(2)10-13)25(22,23)20-12-16-7-5-4-6-15(16)11-17(20)19(21)24-3/h4-10,17H,11-12H2,1-3H3/t17-/m0/s1. The summed E-state index contributed by atoms with van der Waals surface area (Å²) < 4.78 is 32.7. The molecule has 1 atom stereocenters. The second kappa shape index (κ2) is 6.61. The van der Waals surface area contributed by atoms with E-state index in [4.69, 9.17) is 4.74 Å². The molecule has 6 heteroatoms. The summed E-state index contributed by atoms with van der Waals surface area (Å²) in [7, 11) is -2.54. The van der Waals surface area contributed by atoms with Gasteiger partial charge in [0.05, 0.1) is 12.0 Å². The lowest BCUT2D eigenvalue weighted by Crippen LogP contribution is -2.49. The monoisotopic (exact) mass is 359 g/mol. The Labute approximate surface area is 148 Å². The van der Waals surface area contributed by atoms with Gasteiger partial charge in [0.25, 0.3) is 0 Å². The number of carbonyl (C=O) groups is 1. The highest BCUT2D eigenvalue weighted by molar-refractivity contribution is 7.89. The maximum Gasteiger partial charge on any atom is 0.324 e. The molecular weight excluding hydrogens is 338 g/mol. The van der Waals surface area contributed by atoms with Crippen LogP contribution in [0.2, 0.25) is 0 Å². The number of sulfonamides is 1. The molecule has 132 valence electrons. The van der Waals surface area contributed by atoms with E-state index in [1.165, 1.54) is 11.4 Å². The zero-order valence-corrected chi connectivity index (χ0v) is 15.3. The Hall–Kier alpha value is -2.18. The molecule has 5 nitrogen and oxygen atoms in total. The fraction of sp³-hybridized carbons (Fsp3) is 0.316. The summed E-state index contributed by atoms with van der Waals surface area (Å²) in [5.41, 5.74) is 3.55. The number of fused-ring (bicyclic) bond motifs is 1. The van der Waals surface area contributed by atoms with Gasteiger partial charge in [0.2, 0.25) is 10.0 Å². The number of aryl methyl sites for hydroxylation is 2. The Balaban J connectivity index is 2.10. The minimum Gasteiger partial charge on any atom is -0.468 e. The quantitative estimate of drug-likeness (QED) is 0.790. The predicted molar refractivity (Wildman–Crippen MR) is 94.6 cm³/mol. The number of esters is 1. The Morgan fingerprint density at radius 3 is 2.44 bits per heavy atom. The summed E-state index contributed by atoms with van der Waals surface area (Å²) in [6.45, 7) is 3.84. The van der Waals surface area contributed by atoms with E-state index in [2.05, 4.69) is 0 Å². The molecule has 2 aromatic carbocycles. The van der Waals surface area contributed by atoms with Crippen molar-refractivity contribution >= 4 is 16.0 Å². The molecule has 0 spiro atoms. The lowest BCUT2D eigenvalue weighted by Gasteiger charge is -2.34.